The van der Waals surface area contributed by atoms with Crippen molar-refractivity contribution in [3.63, 3.8) is 0 Å². The Bertz CT molecular complexity index is 908. The van der Waals surface area contributed by atoms with Crippen molar-refractivity contribution in [1.82, 2.24) is 0 Å². The zero-order valence-electron chi connectivity index (χ0n) is 16.5. The molecular weight excluding hydrogens is 388 g/mol. The molecule has 2 unspecified atom stereocenters. The summed E-state index contributed by atoms with van der Waals surface area (Å²) in [6.07, 6.45) is 2.90. The van der Waals surface area contributed by atoms with E-state index in [9.17, 15) is 14.4 Å². The van der Waals surface area contributed by atoms with Gasteiger partial charge in [-0.1, -0.05) is 42.5 Å². The Morgan fingerprint density at radius 3 is 1.97 bits per heavy atom. The number of rotatable bonds is 9. The van der Waals surface area contributed by atoms with Crippen LogP contribution in [-0.2, 0) is 23.7 Å². The molecule has 1 aliphatic heterocycles. The summed E-state index contributed by atoms with van der Waals surface area (Å²) in [7, 11) is 0. The number of hydrogen-bond donors (Lipinski definition) is 0. The second-order valence-corrected chi connectivity index (χ2v) is 6.72. The van der Waals surface area contributed by atoms with Crippen LogP contribution in [0.3, 0.4) is 0 Å². The molecule has 7 nitrogen and oxygen atoms in total. The molecule has 0 N–H and O–H groups in total. The van der Waals surface area contributed by atoms with Crippen LogP contribution in [0.5, 0.6) is 0 Å². The third-order valence-electron chi connectivity index (χ3n) is 4.43. The van der Waals surface area contributed by atoms with Gasteiger partial charge in [-0.25, -0.2) is 9.59 Å². The Balaban J connectivity index is 1.52. The molecule has 1 aliphatic rings. The highest BCUT2D eigenvalue weighted by molar-refractivity contribution is 5.89. The lowest BCUT2D eigenvalue weighted by Crippen LogP contribution is -2.31. The Labute approximate surface area is 174 Å². The van der Waals surface area contributed by atoms with Crippen LogP contribution in [0.4, 0.5) is 0 Å². The van der Waals surface area contributed by atoms with E-state index in [1.165, 1.54) is 6.92 Å². The summed E-state index contributed by atoms with van der Waals surface area (Å²) >= 11 is 0. The first-order chi connectivity index (χ1) is 14.5. The van der Waals surface area contributed by atoms with Crippen LogP contribution in [-0.4, -0.2) is 49.4 Å². The number of carbonyl (C=O) groups is 3. The molecule has 2 aromatic rings. The molecule has 1 heterocycles. The van der Waals surface area contributed by atoms with Crippen LogP contribution in [0.25, 0.3) is 0 Å². The van der Waals surface area contributed by atoms with Crippen molar-refractivity contribution in [2.75, 3.05) is 19.8 Å². The summed E-state index contributed by atoms with van der Waals surface area (Å²) < 4.78 is 21.2. The molecule has 30 heavy (non-hydrogen) atoms. The van der Waals surface area contributed by atoms with Gasteiger partial charge >= 0.3 is 17.9 Å². The zero-order chi connectivity index (χ0) is 21.4. The molecule has 0 saturated carbocycles. The molecular formula is C23H22O7. The van der Waals surface area contributed by atoms with Gasteiger partial charge in [0, 0.05) is 6.92 Å². The average molecular weight is 410 g/mol. The fourth-order valence-electron chi connectivity index (χ4n) is 2.74. The van der Waals surface area contributed by atoms with E-state index >= 15 is 0 Å². The third-order valence-corrected chi connectivity index (χ3v) is 4.43. The van der Waals surface area contributed by atoms with Crippen molar-refractivity contribution >= 4 is 17.9 Å². The van der Waals surface area contributed by atoms with Gasteiger partial charge in [-0.3, -0.25) is 4.79 Å². The Morgan fingerprint density at radius 1 is 0.867 bits per heavy atom. The molecule has 0 aliphatic carbocycles. The minimum Gasteiger partial charge on any atom is -0.463 e. The molecule has 0 bridgehead atoms. The molecule has 7 heteroatoms. The molecule has 2 atom stereocenters. The number of carbonyl (C=O) groups excluding carboxylic acids is 3. The van der Waals surface area contributed by atoms with Gasteiger partial charge in [0.2, 0.25) is 0 Å². The third kappa shape index (κ3) is 5.78. The first-order valence-corrected chi connectivity index (χ1v) is 9.42. The first kappa shape index (κ1) is 21.3. The summed E-state index contributed by atoms with van der Waals surface area (Å²) in [4.78, 5) is 35.3. The number of hydrogen-bond acceptors (Lipinski definition) is 7. The van der Waals surface area contributed by atoms with Crippen molar-refractivity contribution in [2.24, 2.45) is 0 Å². The number of esters is 3. The van der Waals surface area contributed by atoms with Crippen molar-refractivity contribution in [3.05, 3.63) is 83.9 Å². The van der Waals surface area contributed by atoms with E-state index in [2.05, 4.69) is 0 Å². The van der Waals surface area contributed by atoms with Gasteiger partial charge < -0.3 is 18.9 Å². The van der Waals surface area contributed by atoms with Gasteiger partial charge in [-0.15, -0.1) is 0 Å². The molecule has 1 saturated heterocycles. The summed E-state index contributed by atoms with van der Waals surface area (Å²) in [6, 6.07) is 17.2. The van der Waals surface area contributed by atoms with E-state index in [-0.39, 0.29) is 19.8 Å². The predicted molar refractivity (Wildman–Crippen MR) is 107 cm³/mol. The highest BCUT2D eigenvalue weighted by atomic mass is 16.7. The number of epoxide rings is 1. The maximum absolute atomic E-state index is 12.2. The van der Waals surface area contributed by atoms with Gasteiger partial charge in [0.05, 0.1) is 11.1 Å². The van der Waals surface area contributed by atoms with E-state index < -0.39 is 29.6 Å². The minimum atomic E-state index is -0.948. The summed E-state index contributed by atoms with van der Waals surface area (Å²) in [6.45, 7) is 1.22. The second-order valence-electron chi connectivity index (χ2n) is 6.72. The fraction of sp³-hybridized carbons (Fsp3) is 0.261. The van der Waals surface area contributed by atoms with Crippen LogP contribution in [0.1, 0.15) is 27.6 Å². The van der Waals surface area contributed by atoms with Gasteiger partial charge in [-0.2, -0.15) is 0 Å². The van der Waals surface area contributed by atoms with Crippen molar-refractivity contribution in [1.29, 1.82) is 0 Å². The molecule has 0 aromatic heterocycles. The molecule has 1 fully saturated rings. The van der Waals surface area contributed by atoms with Crippen LogP contribution in [0.2, 0.25) is 0 Å². The van der Waals surface area contributed by atoms with Gasteiger partial charge in [0.15, 0.2) is 5.60 Å². The maximum Gasteiger partial charge on any atom is 0.338 e. The summed E-state index contributed by atoms with van der Waals surface area (Å²) in [5.74, 6) is -1.38. The highest BCUT2D eigenvalue weighted by Crippen LogP contribution is 2.38. The lowest BCUT2D eigenvalue weighted by atomic mass is 10.1. The van der Waals surface area contributed by atoms with E-state index in [1.54, 1.807) is 66.7 Å². The fourth-order valence-corrected chi connectivity index (χ4v) is 2.74. The van der Waals surface area contributed by atoms with Crippen LogP contribution >= 0.6 is 0 Å². The van der Waals surface area contributed by atoms with E-state index in [4.69, 9.17) is 18.9 Å². The normalized spacial score (nSPS) is 19.8. The topological polar surface area (TPSA) is 91.4 Å². The second kappa shape index (κ2) is 9.84. The smallest absolute Gasteiger partial charge is 0.338 e. The van der Waals surface area contributed by atoms with E-state index in [0.717, 1.165) is 0 Å². The summed E-state index contributed by atoms with van der Waals surface area (Å²) in [5, 5.41) is 0. The van der Waals surface area contributed by atoms with Crippen molar-refractivity contribution < 1.29 is 33.3 Å². The standard InChI is InChI=1S/C23H22O7/c1-17(24)28-15-23(16-29-22(26)19-11-6-3-7-12-19)20(30-23)13-8-14-27-21(25)18-9-4-2-5-10-18/h2-13,20H,14-16H2,1H3. The Kier molecular flexibility index (Phi) is 6.98. The first-order valence-electron chi connectivity index (χ1n) is 9.42. The van der Waals surface area contributed by atoms with Gasteiger partial charge in [0.25, 0.3) is 0 Å². The Hall–Kier alpha value is -3.45. The van der Waals surface area contributed by atoms with Crippen LogP contribution < -0.4 is 0 Å². The lowest BCUT2D eigenvalue weighted by molar-refractivity contribution is -0.143. The maximum atomic E-state index is 12.2. The monoisotopic (exact) mass is 410 g/mol. The minimum absolute atomic E-state index is 0.0524. The predicted octanol–water partition coefficient (Wildman–Crippen LogP) is 2.96. The average Bonchev–Trinajstić information content (AvgIpc) is 3.47. The quantitative estimate of drug-likeness (QED) is 0.272. The van der Waals surface area contributed by atoms with Crippen molar-refractivity contribution in [2.45, 2.75) is 18.6 Å². The van der Waals surface area contributed by atoms with Gasteiger partial charge in [0.1, 0.15) is 25.9 Å². The summed E-state index contributed by atoms with van der Waals surface area (Å²) in [5.41, 5.74) is -0.0675. The van der Waals surface area contributed by atoms with E-state index in [0.29, 0.717) is 11.1 Å². The molecule has 0 radical (unpaired) electrons. The van der Waals surface area contributed by atoms with Crippen LogP contribution in [0.15, 0.2) is 72.8 Å². The largest absolute Gasteiger partial charge is 0.463 e. The molecule has 0 amide bonds. The highest BCUT2D eigenvalue weighted by Gasteiger charge is 2.57. The van der Waals surface area contributed by atoms with Crippen LogP contribution in [0, 0.1) is 0 Å². The van der Waals surface area contributed by atoms with Gasteiger partial charge in [-0.05, 0) is 30.3 Å². The molecule has 2 aromatic carbocycles. The SMILES string of the molecule is CC(=O)OCC1(COC(=O)c2ccccc2)OC1C=CCOC(=O)c1ccccc1. The number of benzene rings is 2. The lowest BCUT2D eigenvalue weighted by Gasteiger charge is -2.13. The zero-order valence-corrected chi connectivity index (χ0v) is 16.5. The van der Waals surface area contributed by atoms with Crippen molar-refractivity contribution in [3.8, 4) is 0 Å². The van der Waals surface area contributed by atoms with E-state index in [1.807, 2.05) is 6.07 Å². The Morgan fingerprint density at radius 2 is 1.40 bits per heavy atom. The molecule has 156 valence electrons. The molecule has 0 spiro atoms. The number of ether oxygens (including phenoxy) is 4. The molecule has 3 rings (SSSR count).